The average molecular weight is 381 g/mol. The quantitative estimate of drug-likeness (QED) is 0.619. The molecule has 0 radical (unpaired) electrons. The summed E-state index contributed by atoms with van der Waals surface area (Å²) in [4.78, 5) is 12.8. The number of alkyl halides is 3. The second kappa shape index (κ2) is 7.53. The first-order chi connectivity index (χ1) is 13.3. The minimum atomic E-state index is -4.84. The van der Waals surface area contributed by atoms with E-state index in [2.05, 4.69) is 5.10 Å². The van der Waals surface area contributed by atoms with Gasteiger partial charge in [0.2, 0.25) is 0 Å². The van der Waals surface area contributed by atoms with Crippen LogP contribution in [0, 0.1) is 11.3 Å². The van der Waals surface area contributed by atoms with E-state index in [0.29, 0.717) is 16.8 Å². The second-order valence-electron chi connectivity index (χ2n) is 5.96. The monoisotopic (exact) mass is 381 g/mol. The number of pyridine rings is 1. The summed E-state index contributed by atoms with van der Waals surface area (Å²) in [5.74, 6) is 0. The van der Waals surface area contributed by atoms with Gasteiger partial charge in [-0.05, 0) is 18.6 Å². The summed E-state index contributed by atoms with van der Waals surface area (Å²) in [7, 11) is 0. The summed E-state index contributed by atoms with van der Waals surface area (Å²) in [6.45, 7) is 1.64. The van der Waals surface area contributed by atoms with E-state index in [1.165, 1.54) is 6.07 Å². The first kappa shape index (κ1) is 19.1. The van der Waals surface area contributed by atoms with Gasteiger partial charge in [-0.25, -0.2) is 0 Å². The Kier molecular flexibility index (Phi) is 5.14. The smallest absolute Gasteiger partial charge is 0.266 e. The highest BCUT2D eigenvalue weighted by Crippen LogP contribution is 2.33. The van der Waals surface area contributed by atoms with Crippen LogP contribution < -0.4 is 5.56 Å². The molecule has 1 heterocycles. The van der Waals surface area contributed by atoms with Crippen LogP contribution in [0.1, 0.15) is 23.6 Å². The number of nitrogens with zero attached hydrogens (tertiary/aromatic N) is 3. The number of halogens is 3. The standard InChI is InChI=1S/C21H14F3N3O/c1-14(15-8-4-2-5-9-15)26-27-19(16-10-6-3-7-11-16)12-18(21(22,23)24)17(13-25)20(27)28/h2-12H,1H3. The van der Waals surface area contributed by atoms with Crippen LogP contribution in [0.25, 0.3) is 11.3 Å². The zero-order valence-electron chi connectivity index (χ0n) is 14.7. The van der Waals surface area contributed by atoms with Crippen LogP contribution in [0.2, 0.25) is 0 Å². The Morgan fingerprint density at radius 1 is 1.04 bits per heavy atom. The van der Waals surface area contributed by atoms with Crippen molar-refractivity contribution in [3.63, 3.8) is 0 Å². The summed E-state index contributed by atoms with van der Waals surface area (Å²) >= 11 is 0. The van der Waals surface area contributed by atoms with Crippen molar-refractivity contribution in [2.24, 2.45) is 5.10 Å². The van der Waals surface area contributed by atoms with Crippen molar-refractivity contribution in [3.8, 4) is 17.3 Å². The first-order valence-electron chi connectivity index (χ1n) is 8.26. The van der Waals surface area contributed by atoms with Crippen LogP contribution in [0.4, 0.5) is 13.2 Å². The van der Waals surface area contributed by atoms with Crippen molar-refractivity contribution >= 4 is 5.71 Å². The van der Waals surface area contributed by atoms with Crippen molar-refractivity contribution in [3.05, 3.63) is 93.8 Å². The number of hydrogen-bond acceptors (Lipinski definition) is 3. The second-order valence-corrected chi connectivity index (χ2v) is 5.96. The molecule has 0 bridgehead atoms. The molecule has 28 heavy (non-hydrogen) atoms. The third-order valence-corrected chi connectivity index (χ3v) is 4.11. The topological polar surface area (TPSA) is 58.1 Å². The van der Waals surface area contributed by atoms with Crippen LogP contribution in [0.15, 0.2) is 76.6 Å². The largest absolute Gasteiger partial charge is 0.417 e. The van der Waals surface area contributed by atoms with Gasteiger partial charge in [0.1, 0.15) is 11.6 Å². The minimum Gasteiger partial charge on any atom is -0.266 e. The molecule has 7 heteroatoms. The first-order valence-corrected chi connectivity index (χ1v) is 8.26. The molecule has 0 aliphatic rings. The minimum absolute atomic E-state index is 0.0489. The molecule has 140 valence electrons. The molecule has 0 fully saturated rings. The van der Waals surface area contributed by atoms with E-state index >= 15 is 0 Å². The molecule has 0 unspecified atom stereocenters. The fourth-order valence-corrected chi connectivity index (χ4v) is 2.73. The summed E-state index contributed by atoms with van der Waals surface area (Å²) < 4.78 is 41.2. The Hall–Kier alpha value is -3.66. The number of hydrogen-bond donors (Lipinski definition) is 0. The van der Waals surface area contributed by atoms with Crippen molar-refractivity contribution in [1.29, 1.82) is 5.26 Å². The van der Waals surface area contributed by atoms with Crippen molar-refractivity contribution in [1.82, 2.24) is 4.68 Å². The van der Waals surface area contributed by atoms with Gasteiger partial charge in [-0.3, -0.25) is 4.79 Å². The number of aromatic nitrogens is 1. The predicted octanol–water partition coefficient (Wildman–Crippen LogP) is 4.68. The Morgan fingerprint density at radius 2 is 1.61 bits per heavy atom. The summed E-state index contributed by atoms with van der Waals surface area (Å²) in [6, 6.07) is 19.2. The normalized spacial score (nSPS) is 11.9. The zero-order valence-corrected chi connectivity index (χ0v) is 14.7. The van der Waals surface area contributed by atoms with Crippen LogP contribution in [-0.2, 0) is 6.18 Å². The van der Waals surface area contributed by atoms with Crippen molar-refractivity contribution in [2.45, 2.75) is 13.1 Å². The van der Waals surface area contributed by atoms with E-state index < -0.39 is 22.9 Å². The fourth-order valence-electron chi connectivity index (χ4n) is 2.73. The molecule has 0 aliphatic heterocycles. The third-order valence-electron chi connectivity index (χ3n) is 4.11. The molecular formula is C21H14F3N3O. The third kappa shape index (κ3) is 3.71. The van der Waals surface area contributed by atoms with Gasteiger partial charge in [0, 0.05) is 5.56 Å². The van der Waals surface area contributed by atoms with Gasteiger partial charge in [-0.15, -0.1) is 0 Å². The Bertz CT molecular complexity index is 1130. The highest BCUT2D eigenvalue weighted by atomic mass is 19.4. The molecule has 0 N–H and O–H groups in total. The molecule has 1 aromatic heterocycles. The van der Waals surface area contributed by atoms with E-state index in [1.807, 2.05) is 6.07 Å². The van der Waals surface area contributed by atoms with Crippen LogP contribution in [0.3, 0.4) is 0 Å². The van der Waals surface area contributed by atoms with Crippen LogP contribution in [-0.4, -0.2) is 10.4 Å². The lowest BCUT2D eigenvalue weighted by Crippen LogP contribution is -2.26. The lowest BCUT2D eigenvalue weighted by molar-refractivity contribution is -0.137. The molecule has 3 rings (SSSR count). The van der Waals surface area contributed by atoms with Crippen molar-refractivity contribution in [2.75, 3.05) is 0 Å². The van der Waals surface area contributed by atoms with Gasteiger partial charge in [-0.1, -0.05) is 60.7 Å². The molecule has 0 saturated carbocycles. The Balaban J connectivity index is 2.35. The van der Waals surface area contributed by atoms with E-state index in [9.17, 15) is 23.2 Å². The molecule has 0 spiro atoms. The van der Waals surface area contributed by atoms with E-state index in [-0.39, 0.29) is 5.69 Å². The van der Waals surface area contributed by atoms with E-state index in [0.717, 1.165) is 10.7 Å². The Morgan fingerprint density at radius 3 is 2.14 bits per heavy atom. The highest BCUT2D eigenvalue weighted by Gasteiger charge is 2.36. The van der Waals surface area contributed by atoms with Gasteiger partial charge < -0.3 is 0 Å². The number of benzene rings is 2. The molecule has 0 aliphatic carbocycles. The molecule has 3 aromatic rings. The fraction of sp³-hybridized carbons (Fsp3) is 0.0952. The number of rotatable bonds is 3. The maximum absolute atomic E-state index is 13.4. The van der Waals surface area contributed by atoms with E-state index in [1.54, 1.807) is 61.5 Å². The molecule has 0 saturated heterocycles. The van der Waals surface area contributed by atoms with Crippen molar-refractivity contribution < 1.29 is 13.2 Å². The molecular weight excluding hydrogens is 367 g/mol. The maximum Gasteiger partial charge on any atom is 0.417 e. The SMILES string of the molecule is CC(=Nn1c(-c2ccccc2)cc(C(F)(F)F)c(C#N)c1=O)c1ccccc1. The molecule has 4 nitrogen and oxygen atoms in total. The summed E-state index contributed by atoms with van der Waals surface area (Å²) in [5, 5.41) is 13.4. The number of nitriles is 1. The van der Waals surface area contributed by atoms with Crippen LogP contribution in [0.5, 0.6) is 0 Å². The van der Waals surface area contributed by atoms with Gasteiger partial charge >= 0.3 is 6.18 Å². The molecule has 2 aromatic carbocycles. The van der Waals surface area contributed by atoms with Gasteiger partial charge in [-0.2, -0.15) is 28.2 Å². The van der Waals surface area contributed by atoms with Gasteiger partial charge in [0.05, 0.1) is 17.0 Å². The summed E-state index contributed by atoms with van der Waals surface area (Å²) in [6.07, 6.45) is -4.84. The van der Waals surface area contributed by atoms with Gasteiger partial charge in [0.25, 0.3) is 5.56 Å². The highest BCUT2D eigenvalue weighted by molar-refractivity contribution is 5.98. The lowest BCUT2D eigenvalue weighted by Gasteiger charge is -2.15. The predicted molar refractivity (Wildman–Crippen MR) is 99.9 cm³/mol. The lowest BCUT2D eigenvalue weighted by atomic mass is 10.0. The molecule has 0 atom stereocenters. The van der Waals surface area contributed by atoms with Crippen LogP contribution >= 0.6 is 0 Å². The van der Waals surface area contributed by atoms with E-state index in [4.69, 9.17) is 0 Å². The molecule has 0 amide bonds. The summed E-state index contributed by atoms with van der Waals surface area (Å²) in [5.41, 5.74) is -1.94. The van der Waals surface area contributed by atoms with Gasteiger partial charge in [0.15, 0.2) is 0 Å². The Labute approximate surface area is 158 Å². The average Bonchev–Trinajstić information content (AvgIpc) is 2.69. The zero-order chi connectivity index (χ0) is 20.3. The maximum atomic E-state index is 13.4.